The second-order valence-corrected chi connectivity index (χ2v) is 8.26. The molecule has 4 rings (SSSR count). The van der Waals surface area contributed by atoms with Crippen LogP contribution in [0.25, 0.3) is 16.2 Å². The fourth-order valence-corrected chi connectivity index (χ4v) is 3.70. The van der Waals surface area contributed by atoms with Gasteiger partial charge < -0.3 is 15.5 Å². The fourth-order valence-electron chi connectivity index (χ4n) is 2.78. The van der Waals surface area contributed by atoms with Gasteiger partial charge in [0, 0.05) is 19.6 Å². The zero-order chi connectivity index (χ0) is 18.8. The van der Waals surface area contributed by atoms with E-state index in [0.29, 0.717) is 11.4 Å². The molecular weight excluding hydrogens is 431 g/mol. The van der Waals surface area contributed by atoms with E-state index in [1.165, 1.54) is 24.2 Å². The van der Waals surface area contributed by atoms with E-state index in [4.69, 9.17) is 0 Å². The Hall–Kier alpha value is -1.87. The second kappa shape index (κ2) is 10.2. The van der Waals surface area contributed by atoms with Gasteiger partial charge in [-0.25, -0.2) is 9.50 Å². The number of carbonyl (C=O) groups is 1. The van der Waals surface area contributed by atoms with Crippen LogP contribution in [0.1, 0.15) is 22.5 Å². The number of rotatable bonds is 8. The van der Waals surface area contributed by atoms with Gasteiger partial charge in [0.15, 0.2) is 5.65 Å². The number of hydrogen-bond donors (Lipinski definition) is 2. The molecule has 3 aromatic rings. The van der Waals surface area contributed by atoms with Crippen molar-refractivity contribution >= 4 is 53.5 Å². The van der Waals surface area contributed by atoms with Crippen LogP contribution in [0.3, 0.4) is 0 Å². The van der Waals surface area contributed by atoms with Crippen LogP contribution < -0.4 is 10.6 Å². The molecule has 0 unspecified atom stereocenters. The smallest absolute Gasteiger partial charge is 0.261 e. The zero-order valence-corrected chi connectivity index (χ0v) is 18.9. The third-order valence-corrected chi connectivity index (χ3v) is 5.66. The van der Waals surface area contributed by atoms with Gasteiger partial charge in [-0.3, -0.25) is 4.79 Å². The van der Waals surface area contributed by atoms with Gasteiger partial charge in [0.1, 0.15) is 11.5 Å². The van der Waals surface area contributed by atoms with Gasteiger partial charge >= 0.3 is 0 Å². The third kappa shape index (κ3) is 5.82. The normalized spacial score (nSPS) is 13.1. The van der Waals surface area contributed by atoms with E-state index in [1.54, 1.807) is 0 Å². The molecule has 0 spiro atoms. The first-order chi connectivity index (χ1) is 13.1. The number of anilines is 1. The van der Waals surface area contributed by atoms with Crippen molar-refractivity contribution in [1.29, 1.82) is 0 Å². The van der Waals surface area contributed by atoms with Crippen molar-refractivity contribution in [3.63, 3.8) is 0 Å². The van der Waals surface area contributed by atoms with Crippen molar-refractivity contribution < 1.29 is 4.79 Å². The molecule has 1 fully saturated rings. The molecule has 1 aliphatic carbocycles. The maximum absolute atomic E-state index is 12.3. The van der Waals surface area contributed by atoms with Gasteiger partial charge in [0.05, 0.1) is 16.0 Å². The Morgan fingerprint density at radius 3 is 2.76 bits per heavy atom. The number of amides is 1. The summed E-state index contributed by atoms with van der Waals surface area (Å²) in [5.41, 5.74) is 1.70. The molecule has 10 heteroatoms. The van der Waals surface area contributed by atoms with Crippen molar-refractivity contribution in [2.24, 2.45) is 5.92 Å². The van der Waals surface area contributed by atoms with E-state index in [9.17, 15) is 4.79 Å². The standard InChI is InChI=1S/C19H24N6OS.2ClH/c1-24(2)10-9-20-19(26)16-6-5-15(27-16)14-12-22-18-8-7-17(23-25(14)18)21-11-13-3-4-13;;/h5-8,12-13H,3-4,9-11H2,1-2H3,(H,20,26)(H,21,23);2*1H. The molecule has 3 heterocycles. The summed E-state index contributed by atoms with van der Waals surface area (Å²) in [6.07, 6.45) is 4.42. The maximum atomic E-state index is 12.3. The van der Waals surface area contributed by atoms with Crippen LogP contribution in [-0.2, 0) is 0 Å². The summed E-state index contributed by atoms with van der Waals surface area (Å²) in [5, 5.41) is 11.0. The molecule has 0 bridgehead atoms. The number of imidazole rings is 1. The summed E-state index contributed by atoms with van der Waals surface area (Å²) in [4.78, 5) is 20.5. The van der Waals surface area contributed by atoms with Crippen LogP contribution in [0.15, 0.2) is 30.5 Å². The second-order valence-electron chi connectivity index (χ2n) is 7.18. The SMILES string of the molecule is CN(C)CCNC(=O)c1ccc(-c2cnc3ccc(NCC4CC4)nn23)s1.Cl.Cl. The molecule has 0 atom stereocenters. The number of fused-ring (bicyclic) bond motifs is 1. The van der Waals surface area contributed by atoms with Crippen LogP contribution in [0.4, 0.5) is 5.82 Å². The summed E-state index contributed by atoms with van der Waals surface area (Å²) in [6, 6.07) is 7.75. The minimum absolute atomic E-state index is 0. The lowest BCUT2D eigenvalue weighted by Gasteiger charge is -2.09. The summed E-state index contributed by atoms with van der Waals surface area (Å²) >= 11 is 1.46. The third-order valence-electron chi connectivity index (χ3n) is 4.56. The molecule has 0 aromatic carbocycles. The number of carbonyl (C=O) groups excluding carboxylic acids is 1. The zero-order valence-electron chi connectivity index (χ0n) is 16.4. The summed E-state index contributed by atoms with van der Waals surface area (Å²) in [6.45, 7) is 2.42. The van der Waals surface area contributed by atoms with Crippen LogP contribution in [-0.4, -0.2) is 59.1 Å². The Morgan fingerprint density at radius 1 is 1.24 bits per heavy atom. The lowest BCUT2D eigenvalue weighted by molar-refractivity contribution is 0.0955. The Bertz CT molecular complexity index is 953. The predicted molar refractivity (Wildman–Crippen MR) is 123 cm³/mol. The summed E-state index contributed by atoms with van der Waals surface area (Å²) in [7, 11) is 3.97. The molecular formula is C19H26Cl2N6OS. The van der Waals surface area contributed by atoms with Gasteiger partial charge in [-0.2, -0.15) is 0 Å². The van der Waals surface area contributed by atoms with Crippen LogP contribution in [0.2, 0.25) is 0 Å². The van der Waals surface area contributed by atoms with E-state index >= 15 is 0 Å². The minimum Gasteiger partial charge on any atom is -0.368 e. The molecule has 29 heavy (non-hydrogen) atoms. The summed E-state index contributed by atoms with van der Waals surface area (Å²) in [5.74, 6) is 1.60. The Kier molecular flexibility index (Phi) is 8.27. The highest BCUT2D eigenvalue weighted by Gasteiger charge is 2.21. The molecule has 158 valence electrons. The van der Waals surface area contributed by atoms with E-state index in [0.717, 1.165) is 41.0 Å². The molecule has 3 aromatic heterocycles. The summed E-state index contributed by atoms with van der Waals surface area (Å²) < 4.78 is 1.84. The Labute approximate surface area is 186 Å². The van der Waals surface area contributed by atoms with E-state index in [2.05, 4.69) is 20.7 Å². The van der Waals surface area contributed by atoms with Crippen LogP contribution in [0.5, 0.6) is 0 Å². The molecule has 0 saturated heterocycles. The highest BCUT2D eigenvalue weighted by Crippen LogP contribution is 2.30. The quantitative estimate of drug-likeness (QED) is 0.542. The monoisotopic (exact) mass is 456 g/mol. The first-order valence-corrected chi connectivity index (χ1v) is 10.0. The lowest BCUT2D eigenvalue weighted by Crippen LogP contribution is -2.30. The van der Waals surface area contributed by atoms with E-state index in [-0.39, 0.29) is 30.7 Å². The van der Waals surface area contributed by atoms with Crippen molar-refractivity contribution in [3.05, 3.63) is 35.3 Å². The fraction of sp³-hybridized carbons (Fsp3) is 0.421. The van der Waals surface area contributed by atoms with Crippen molar-refractivity contribution in [1.82, 2.24) is 24.8 Å². The highest BCUT2D eigenvalue weighted by atomic mass is 35.5. The molecule has 2 N–H and O–H groups in total. The molecule has 1 aliphatic rings. The average Bonchev–Trinajstić information content (AvgIpc) is 3.18. The van der Waals surface area contributed by atoms with Gasteiger partial charge in [0.2, 0.25) is 0 Å². The largest absolute Gasteiger partial charge is 0.368 e. The Morgan fingerprint density at radius 2 is 2.03 bits per heavy atom. The van der Waals surface area contributed by atoms with E-state index in [1.807, 2.05) is 54.0 Å². The lowest BCUT2D eigenvalue weighted by atomic mass is 10.3. The van der Waals surface area contributed by atoms with Crippen molar-refractivity contribution in [3.8, 4) is 10.6 Å². The first-order valence-electron chi connectivity index (χ1n) is 9.22. The predicted octanol–water partition coefficient (Wildman–Crippen LogP) is 3.41. The minimum atomic E-state index is -0.0401. The highest BCUT2D eigenvalue weighted by molar-refractivity contribution is 7.17. The molecule has 0 radical (unpaired) electrons. The average molecular weight is 457 g/mol. The number of halogens is 2. The van der Waals surface area contributed by atoms with Gasteiger partial charge in [0.25, 0.3) is 5.91 Å². The van der Waals surface area contributed by atoms with Gasteiger partial charge in [-0.1, -0.05) is 0 Å². The number of likely N-dealkylation sites (N-methyl/N-ethyl adjacent to an activating group) is 1. The Balaban J connectivity index is 0.00000150. The van der Waals surface area contributed by atoms with Gasteiger partial charge in [-0.05, 0) is 57.1 Å². The number of aromatic nitrogens is 3. The number of hydrogen-bond acceptors (Lipinski definition) is 6. The van der Waals surface area contributed by atoms with E-state index < -0.39 is 0 Å². The number of thiophene rings is 1. The molecule has 1 amide bonds. The topological polar surface area (TPSA) is 74.6 Å². The molecule has 0 aliphatic heterocycles. The van der Waals surface area contributed by atoms with Crippen LogP contribution in [0, 0.1) is 5.92 Å². The first kappa shape index (κ1) is 23.4. The number of nitrogens with one attached hydrogen (secondary N) is 2. The molecule has 7 nitrogen and oxygen atoms in total. The molecule has 1 saturated carbocycles. The number of nitrogens with zero attached hydrogens (tertiary/aromatic N) is 4. The maximum Gasteiger partial charge on any atom is 0.261 e. The van der Waals surface area contributed by atoms with Crippen molar-refractivity contribution in [2.75, 3.05) is 39.0 Å². The van der Waals surface area contributed by atoms with Crippen molar-refractivity contribution in [2.45, 2.75) is 12.8 Å². The van der Waals surface area contributed by atoms with Gasteiger partial charge in [-0.15, -0.1) is 41.2 Å². The van der Waals surface area contributed by atoms with Crippen LogP contribution >= 0.6 is 36.2 Å².